The molecule has 0 spiro atoms. The zero-order chi connectivity index (χ0) is 11.5. The minimum absolute atomic E-state index is 0.903. The summed E-state index contributed by atoms with van der Waals surface area (Å²) in [6.45, 7) is -4.20. The van der Waals surface area contributed by atoms with E-state index in [0.29, 0.717) is 0 Å². The Morgan fingerprint density at radius 1 is 1.33 bits per heavy atom. The molecule has 6 nitrogen and oxygen atoms in total. The first-order valence-corrected chi connectivity index (χ1v) is 3.13. The van der Waals surface area contributed by atoms with Crippen LogP contribution in [-0.4, -0.2) is 62.8 Å². The number of rotatable bonds is 5. The molecule has 12 heavy (non-hydrogen) atoms. The summed E-state index contributed by atoms with van der Waals surface area (Å²) in [4.78, 5) is 10.8. The second-order valence-corrected chi connectivity index (χ2v) is 2.16. The minimum atomic E-state index is -3.30. The lowest BCUT2D eigenvalue weighted by atomic mass is 10.1. The van der Waals surface area contributed by atoms with Crippen molar-refractivity contribution in [3.05, 3.63) is 0 Å². The van der Waals surface area contributed by atoms with Crippen LogP contribution in [0.1, 0.15) is 2.74 Å². The molecule has 0 aliphatic rings. The van der Waals surface area contributed by atoms with Gasteiger partial charge in [0.15, 0.2) is 5.78 Å². The largest absolute Gasteiger partial charge is 0.394 e. The maximum Gasteiger partial charge on any atom is 0.189 e. The normalized spacial score (nSPS) is 22.1. The molecular formula is C6H12O6. The van der Waals surface area contributed by atoms with E-state index < -0.39 is 37.3 Å². The number of carbonyl (C=O) groups excluding carboxylic acids is 1. The summed E-state index contributed by atoms with van der Waals surface area (Å²) in [7, 11) is 0. The molecule has 0 fully saturated rings. The molecule has 5 N–H and O–H groups in total. The molecule has 0 aromatic heterocycles. The van der Waals surface area contributed by atoms with Gasteiger partial charge in [-0.15, -0.1) is 0 Å². The molecule has 0 radical (unpaired) electrons. The molecule has 0 heterocycles. The van der Waals surface area contributed by atoms with Crippen molar-refractivity contribution in [2.45, 2.75) is 18.3 Å². The SMILES string of the molecule is [2H]C([2H])(O)C(=O)[C@@H](O)[C@H](O)[C@H](O)CO. The van der Waals surface area contributed by atoms with E-state index in [1.54, 1.807) is 0 Å². The Labute approximate surface area is 71.5 Å². The summed E-state index contributed by atoms with van der Waals surface area (Å²) < 4.78 is 13.0. The van der Waals surface area contributed by atoms with Gasteiger partial charge < -0.3 is 25.5 Å². The highest BCUT2D eigenvalue weighted by molar-refractivity contribution is 5.84. The Morgan fingerprint density at radius 2 is 1.83 bits per heavy atom. The summed E-state index contributed by atoms with van der Waals surface area (Å²) >= 11 is 0. The maximum absolute atomic E-state index is 10.8. The summed E-state index contributed by atoms with van der Waals surface area (Å²) in [5.41, 5.74) is 0. The van der Waals surface area contributed by atoms with Crippen LogP contribution in [0.3, 0.4) is 0 Å². The third-order valence-electron chi connectivity index (χ3n) is 1.28. The van der Waals surface area contributed by atoms with Gasteiger partial charge in [0, 0.05) is 0 Å². The van der Waals surface area contributed by atoms with E-state index in [0.717, 1.165) is 0 Å². The van der Waals surface area contributed by atoms with Gasteiger partial charge in [0.05, 0.1) is 9.35 Å². The number of aliphatic hydroxyl groups is 5. The van der Waals surface area contributed by atoms with Crippen LogP contribution in [0.4, 0.5) is 0 Å². The van der Waals surface area contributed by atoms with E-state index in [2.05, 4.69) is 0 Å². The number of aliphatic hydroxyl groups excluding tert-OH is 4. The highest BCUT2D eigenvalue weighted by Crippen LogP contribution is 2.00. The number of hydrogen-bond donors (Lipinski definition) is 5. The smallest absolute Gasteiger partial charge is 0.189 e. The molecule has 0 saturated heterocycles. The minimum Gasteiger partial charge on any atom is -0.394 e. The average molecular weight is 182 g/mol. The van der Waals surface area contributed by atoms with Crippen molar-refractivity contribution >= 4 is 5.78 Å². The molecule has 0 amide bonds. The highest BCUT2D eigenvalue weighted by atomic mass is 16.4. The van der Waals surface area contributed by atoms with Gasteiger partial charge in [0.2, 0.25) is 0 Å². The number of Topliss-reactive ketones (excluding diaryl/α,β-unsaturated/α-hetero) is 1. The van der Waals surface area contributed by atoms with E-state index in [1.807, 2.05) is 0 Å². The molecular weight excluding hydrogens is 168 g/mol. The lowest BCUT2D eigenvalue weighted by Crippen LogP contribution is -2.44. The van der Waals surface area contributed by atoms with E-state index in [-0.39, 0.29) is 0 Å². The van der Waals surface area contributed by atoms with Gasteiger partial charge in [-0.3, -0.25) is 4.79 Å². The number of carbonyl (C=O) groups is 1. The Hall–Kier alpha value is -0.530. The molecule has 72 valence electrons. The van der Waals surface area contributed by atoms with E-state index in [9.17, 15) is 4.79 Å². The van der Waals surface area contributed by atoms with E-state index >= 15 is 0 Å². The lowest BCUT2D eigenvalue weighted by molar-refractivity contribution is -0.142. The maximum atomic E-state index is 10.8. The Bertz CT molecular complexity index is 203. The molecule has 0 unspecified atom stereocenters. The lowest BCUT2D eigenvalue weighted by Gasteiger charge is -2.19. The molecule has 0 rings (SSSR count). The standard InChI is InChI=1S/C6H12O6/c7-1-3(9)5(11)6(12)4(10)2-8/h3,5-9,11-12H,1-2H2/t3-,5-,6-/m1/s1/i2D2. The van der Waals surface area contributed by atoms with Gasteiger partial charge in [0.25, 0.3) is 0 Å². The molecule has 0 aromatic rings. The Morgan fingerprint density at radius 3 is 2.17 bits per heavy atom. The van der Waals surface area contributed by atoms with Gasteiger partial charge in [-0.2, -0.15) is 0 Å². The van der Waals surface area contributed by atoms with Crippen molar-refractivity contribution in [1.82, 2.24) is 0 Å². The Kier molecular flexibility index (Phi) is 3.49. The van der Waals surface area contributed by atoms with Crippen LogP contribution >= 0.6 is 0 Å². The van der Waals surface area contributed by atoms with Crippen molar-refractivity contribution in [3.63, 3.8) is 0 Å². The zero-order valence-electron chi connectivity index (χ0n) is 8.08. The van der Waals surface area contributed by atoms with Crippen LogP contribution in [0.5, 0.6) is 0 Å². The first-order valence-electron chi connectivity index (χ1n) is 4.13. The topological polar surface area (TPSA) is 118 Å². The predicted octanol–water partition coefficient (Wildman–Crippen LogP) is -3.38. The fourth-order valence-corrected chi connectivity index (χ4v) is 0.540. The number of hydrogen-bond acceptors (Lipinski definition) is 6. The summed E-state index contributed by atoms with van der Waals surface area (Å²) in [5, 5.41) is 43.6. The monoisotopic (exact) mass is 182 g/mol. The molecule has 0 bridgehead atoms. The predicted molar refractivity (Wildman–Crippen MR) is 37.2 cm³/mol. The van der Waals surface area contributed by atoms with Crippen LogP contribution in [-0.2, 0) is 4.79 Å². The third-order valence-corrected chi connectivity index (χ3v) is 1.28. The Balaban J connectivity index is 4.47. The van der Waals surface area contributed by atoms with Crippen LogP contribution in [0.15, 0.2) is 0 Å². The van der Waals surface area contributed by atoms with E-state index in [4.69, 9.17) is 28.3 Å². The van der Waals surface area contributed by atoms with Crippen LogP contribution in [0.25, 0.3) is 0 Å². The number of ketones is 1. The van der Waals surface area contributed by atoms with Crippen molar-refractivity contribution in [3.8, 4) is 0 Å². The van der Waals surface area contributed by atoms with Crippen LogP contribution in [0, 0.1) is 0 Å². The molecule has 3 atom stereocenters. The van der Waals surface area contributed by atoms with Gasteiger partial charge in [-0.05, 0) is 0 Å². The zero-order valence-corrected chi connectivity index (χ0v) is 6.08. The fourth-order valence-electron chi connectivity index (χ4n) is 0.540. The quantitative estimate of drug-likeness (QED) is 0.303. The molecule has 6 heteroatoms. The van der Waals surface area contributed by atoms with E-state index in [1.165, 1.54) is 0 Å². The van der Waals surface area contributed by atoms with Gasteiger partial charge >= 0.3 is 0 Å². The average Bonchev–Trinajstić information content (AvgIpc) is 2.11. The molecule has 0 saturated carbocycles. The summed E-state index contributed by atoms with van der Waals surface area (Å²) in [6, 6.07) is 0. The van der Waals surface area contributed by atoms with Crippen LogP contribution < -0.4 is 0 Å². The van der Waals surface area contributed by atoms with Crippen LogP contribution in [0.2, 0.25) is 0 Å². The van der Waals surface area contributed by atoms with Crippen molar-refractivity contribution in [2.75, 3.05) is 13.2 Å². The van der Waals surface area contributed by atoms with Crippen molar-refractivity contribution in [2.24, 2.45) is 0 Å². The van der Waals surface area contributed by atoms with Gasteiger partial charge in [-0.1, -0.05) is 0 Å². The second kappa shape index (κ2) is 5.18. The highest BCUT2D eigenvalue weighted by Gasteiger charge is 2.28. The first-order chi connectivity index (χ1) is 6.21. The molecule has 0 aliphatic heterocycles. The van der Waals surface area contributed by atoms with Crippen molar-refractivity contribution in [1.29, 1.82) is 0 Å². The van der Waals surface area contributed by atoms with Gasteiger partial charge in [-0.25, -0.2) is 0 Å². The molecule has 0 aromatic carbocycles. The fraction of sp³-hybridized carbons (Fsp3) is 0.833. The van der Waals surface area contributed by atoms with Crippen molar-refractivity contribution < 1.29 is 33.1 Å². The third kappa shape index (κ3) is 2.84. The summed E-state index contributed by atoms with van der Waals surface area (Å²) in [5.74, 6) is -1.68. The second-order valence-electron chi connectivity index (χ2n) is 2.16. The van der Waals surface area contributed by atoms with Gasteiger partial charge in [0.1, 0.15) is 24.9 Å². The summed E-state index contributed by atoms with van der Waals surface area (Å²) in [6.07, 6.45) is -6.12. The molecule has 0 aliphatic carbocycles. The first kappa shape index (κ1) is 8.09.